The molecule has 0 saturated carbocycles. The summed E-state index contributed by atoms with van der Waals surface area (Å²) in [4.78, 5) is 0. The third-order valence-electron chi connectivity index (χ3n) is 10.2. The predicted octanol–water partition coefficient (Wildman–Crippen LogP) is 10.9. The van der Waals surface area contributed by atoms with Gasteiger partial charge in [0.25, 0.3) is 0 Å². The van der Waals surface area contributed by atoms with Crippen molar-refractivity contribution in [3.63, 3.8) is 0 Å². The van der Waals surface area contributed by atoms with Crippen LogP contribution >= 0.6 is 0 Å². The van der Waals surface area contributed by atoms with Gasteiger partial charge in [0.05, 0.1) is 0 Å². The fraction of sp³-hybridized carbons (Fsp3) is 0.488. The summed E-state index contributed by atoms with van der Waals surface area (Å²) < 4.78 is 0. The number of aryl methyl sites for hydroxylation is 6. The zero-order valence-electron chi connectivity index (χ0n) is 29.6. The Bertz CT molecular complexity index is 1360. The van der Waals surface area contributed by atoms with Crippen LogP contribution in [0.3, 0.4) is 0 Å². The van der Waals surface area contributed by atoms with Gasteiger partial charge >= 0.3 is 0 Å². The first-order valence-corrected chi connectivity index (χ1v) is 19.8. The molecule has 1 aliphatic carbocycles. The Labute approximate surface area is 272 Å². The van der Waals surface area contributed by atoms with Gasteiger partial charge in [0.1, 0.15) is 8.80 Å². The molecule has 0 fully saturated rings. The van der Waals surface area contributed by atoms with E-state index in [1.54, 1.807) is 32.6 Å². The molecule has 0 spiro atoms. The second kappa shape index (κ2) is 16.1. The first-order valence-electron chi connectivity index (χ1n) is 17.8. The van der Waals surface area contributed by atoms with Crippen LogP contribution in [0.5, 0.6) is 0 Å². The summed E-state index contributed by atoms with van der Waals surface area (Å²) in [6.45, 7) is 21.0. The Morgan fingerprint density at radius 1 is 0.500 bits per heavy atom. The van der Waals surface area contributed by atoms with E-state index < -0.39 is 8.80 Å². The van der Waals surface area contributed by atoms with Crippen molar-refractivity contribution in [3.8, 4) is 0 Å². The molecule has 0 radical (unpaired) electrons. The first kappa shape index (κ1) is 34.2. The monoisotopic (exact) mass is 604 g/mol. The maximum absolute atomic E-state index is 2.59. The molecule has 0 amide bonds. The van der Waals surface area contributed by atoms with Crippen LogP contribution in [-0.2, 0) is 12.8 Å². The third-order valence-corrected chi connectivity index (χ3v) is 13.4. The minimum atomic E-state index is -1.52. The van der Waals surface area contributed by atoms with Gasteiger partial charge in [-0.05, 0) is 114 Å². The zero-order valence-corrected chi connectivity index (χ0v) is 30.8. The van der Waals surface area contributed by atoms with E-state index in [2.05, 4.69) is 117 Å². The molecule has 1 aliphatic rings. The minimum absolute atomic E-state index is 0.483. The molecule has 1 unspecified atom stereocenters. The third kappa shape index (κ3) is 8.75. The van der Waals surface area contributed by atoms with Crippen molar-refractivity contribution in [3.05, 3.63) is 110 Å². The summed E-state index contributed by atoms with van der Waals surface area (Å²) in [5.74, 6) is 0.483. The number of hydrogen-bond donors (Lipinski definition) is 0. The van der Waals surface area contributed by atoms with Crippen molar-refractivity contribution in [1.82, 2.24) is 0 Å². The van der Waals surface area contributed by atoms with E-state index >= 15 is 0 Å². The van der Waals surface area contributed by atoms with Gasteiger partial charge < -0.3 is 0 Å². The normalized spacial score (nSPS) is 15.3. The molecule has 0 heterocycles. The summed E-state index contributed by atoms with van der Waals surface area (Å²) in [5.41, 5.74) is 16.5. The average Bonchev–Trinajstić information content (AvgIpc) is 3.18. The van der Waals surface area contributed by atoms with Gasteiger partial charge in [-0.1, -0.05) is 145 Å². The summed E-state index contributed by atoms with van der Waals surface area (Å²) in [6, 6.07) is 23.7. The molecule has 0 nitrogen and oxygen atoms in total. The molecule has 44 heavy (non-hydrogen) atoms. The highest BCUT2D eigenvalue weighted by Crippen LogP contribution is 2.45. The quantitative estimate of drug-likeness (QED) is 0.120. The molecular weight excluding hydrogens is 545 g/mol. The van der Waals surface area contributed by atoms with E-state index in [0.29, 0.717) is 5.92 Å². The van der Waals surface area contributed by atoms with Crippen molar-refractivity contribution in [2.45, 2.75) is 133 Å². The molecule has 1 atom stereocenters. The molecule has 236 valence electrons. The van der Waals surface area contributed by atoms with Gasteiger partial charge in [-0.15, -0.1) is 0 Å². The number of benzene rings is 3. The summed E-state index contributed by atoms with van der Waals surface area (Å²) >= 11 is 0. The van der Waals surface area contributed by atoms with Crippen LogP contribution in [-0.4, -0.2) is 8.80 Å². The number of allylic oxidation sites excluding steroid dienone is 4. The summed E-state index contributed by atoms with van der Waals surface area (Å²) in [7, 11) is -1.52. The molecule has 0 saturated heterocycles. The number of unbranched alkanes of at least 4 members (excludes halogenated alkanes) is 6. The Balaban J connectivity index is 1.77. The molecule has 3 aromatic carbocycles. The lowest BCUT2D eigenvalue weighted by Gasteiger charge is -2.26. The van der Waals surface area contributed by atoms with Crippen molar-refractivity contribution < 1.29 is 0 Å². The van der Waals surface area contributed by atoms with Crippen LogP contribution in [0, 0.1) is 33.6 Å². The highest BCUT2D eigenvalue weighted by atomic mass is 28.3. The largest absolute Gasteiger partial charge is 0.104 e. The predicted molar refractivity (Wildman–Crippen MR) is 200 cm³/mol. The van der Waals surface area contributed by atoms with Crippen LogP contribution in [0.25, 0.3) is 5.57 Å². The highest BCUT2D eigenvalue weighted by molar-refractivity contribution is 6.85. The second-order valence-electron chi connectivity index (χ2n) is 14.2. The lowest BCUT2D eigenvalue weighted by molar-refractivity contribution is 0.661. The molecule has 1 heteroatoms. The fourth-order valence-electron chi connectivity index (χ4n) is 7.79. The van der Waals surface area contributed by atoms with Crippen molar-refractivity contribution in [2.24, 2.45) is 5.92 Å². The van der Waals surface area contributed by atoms with Crippen LogP contribution in [0.15, 0.2) is 71.3 Å². The van der Waals surface area contributed by atoms with Gasteiger partial charge in [0.2, 0.25) is 0 Å². The van der Waals surface area contributed by atoms with E-state index in [4.69, 9.17) is 0 Å². The Morgan fingerprint density at radius 3 is 1.39 bits per heavy atom. The summed E-state index contributed by atoms with van der Waals surface area (Å²) in [5, 5.41) is 3.20. The standard InChI is InChI=1S/C43H60Si/c1-10-12-14-16-18-37-26-38(19-17-15-13-11-2)28-39(27-37)43-36(9)34(7)35(8)42(43)29-44(40-22-30(3)20-31(4)23-40)41-24-32(5)21-33(6)25-41/h20-28,42,44H,10-19,29H2,1-9H3. The Morgan fingerprint density at radius 2 is 0.955 bits per heavy atom. The van der Waals surface area contributed by atoms with Gasteiger partial charge in [-0.3, -0.25) is 0 Å². The maximum Gasteiger partial charge on any atom is 0.104 e. The van der Waals surface area contributed by atoms with E-state index in [1.807, 2.05) is 0 Å². The number of rotatable bonds is 15. The Kier molecular flexibility index (Phi) is 12.5. The topological polar surface area (TPSA) is 0 Å². The van der Waals surface area contributed by atoms with E-state index in [0.717, 1.165) is 0 Å². The van der Waals surface area contributed by atoms with E-state index in [1.165, 1.54) is 109 Å². The van der Waals surface area contributed by atoms with Gasteiger partial charge in [0.15, 0.2) is 0 Å². The molecular formula is C43H60Si. The minimum Gasteiger partial charge on any atom is -0.0654 e. The molecule has 0 bridgehead atoms. The average molecular weight is 605 g/mol. The van der Waals surface area contributed by atoms with Crippen LogP contribution < -0.4 is 10.4 Å². The van der Waals surface area contributed by atoms with Crippen molar-refractivity contribution >= 4 is 24.7 Å². The lowest BCUT2D eigenvalue weighted by Crippen LogP contribution is -2.44. The molecule has 0 aromatic heterocycles. The number of hydrogen-bond acceptors (Lipinski definition) is 0. The molecule has 0 N–H and O–H groups in total. The van der Waals surface area contributed by atoms with Crippen molar-refractivity contribution in [1.29, 1.82) is 0 Å². The molecule has 3 aromatic rings. The summed E-state index contributed by atoms with van der Waals surface area (Å²) in [6.07, 6.45) is 13.0. The first-order chi connectivity index (χ1) is 21.1. The Hall–Kier alpha value is -2.64. The van der Waals surface area contributed by atoms with Crippen LogP contribution in [0.4, 0.5) is 0 Å². The SMILES string of the molecule is CCCCCCc1cc(CCCCCC)cc(C2=C(C)C(C)=C(C)C2C[SiH](c2cc(C)cc(C)c2)c2cc(C)cc(C)c2)c1. The van der Waals surface area contributed by atoms with E-state index in [-0.39, 0.29) is 0 Å². The second-order valence-corrected chi connectivity index (χ2v) is 17.1. The zero-order chi connectivity index (χ0) is 31.8. The van der Waals surface area contributed by atoms with Crippen LogP contribution in [0.2, 0.25) is 6.04 Å². The lowest BCUT2D eigenvalue weighted by atomic mass is 9.88. The van der Waals surface area contributed by atoms with Crippen LogP contribution in [0.1, 0.15) is 125 Å². The smallest absolute Gasteiger partial charge is 0.0654 e. The highest BCUT2D eigenvalue weighted by Gasteiger charge is 2.33. The van der Waals surface area contributed by atoms with Gasteiger partial charge in [0, 0.05) is 5.92 Å². The van der Waals surface area contributed by atoms with E-state index in [9.17, 15) is 0 Å². The van der Waals surface area contributed by atoms with Crippen molar-refractivity contribution in [2.75, 3.05) is 0 Å². The fourth-order valence-corrected chi connectivity index (χ4v) is 11.6. The maximum atomic E-state index is 2.59. The molecule has 0 aliphatic heterocycles. The molecule has 4 rings (SSSR count). The van der Waals surface area contributed by atoms with Gasteiger partial charge in [-0.25, -0.2) is 0 Å². The van der Waals surface area contributed by atoms with Gasteiger partial charge in [-0.2, -0.15) is 0 Å².